The molecule has 1 aliphatic carbocycles. The Morgan fingerprint density at radius 1 is 1.26 bits per heavy atom. The van der Waals surface area contributed by atoms with Crippen LogP contribution in [0.2, 0.25) is 0 Å². The van der Waals surface area contributed by atoms with Crippen LogP contribution in [0.5, 0.6) is 0 Å². The van der Waals surface area contributed by atoms with Crippen molar-refractivity contribution in [2.24, 2.45) is 11.8 Å². The van der Waals surface area contributed by atoms with E-state index in [4.69, 9.17) is 5.73 Å². The number of nitrogen functional groups attached to an aromatic ring is 1. The van der Waals surface area contributed by atoms with Crippen LogP contribution < -0.4 is 16.4 Å². The van der Waals surface area contributed by atoms with Gasteiger partial charge in [0.1, 0.15) is 11.6 Å². The largest absolute Gasteiger partial charge is 0.370 e. The first-order valence-corrected chi connectivity index (χ1v) is 7.29. The van der Waals surface area contributed by atoms with Gasteiger partial charge in [0.15, 0.2) is 0 Å². The molecule has 0 bridgehead atoms. The van der Waals surface area contributed by atoms with Crippen LogP contribution in [0.15, 0.2) is 6.07 Å². The lowest BCUT2D eigenvalue weighted by atomic mass is 9.93. The Balaban J connectivity index is 2.06. The van der Waals surface area contributed by atoms with Crippen LogP contribution in [0.3, 0.4) is 0 Å². The molecular formula is C14H25N5. The highest BCUT2D eigenvalue weighted by Crippen LogP contribution is 2.35. The van der Waals surface area contributed by atoms with Gasteiger partial charge in [0, 0.05) is 18.7 Å². The van der Waals surface area contributed by atoms with E-state index in [-0.39, 0.29) is 0 Å². The van der Waals surface area contributed by atoms with Gasteiger partial charge in [-0.1, -0.05) is 20.3 Å². The lowest BCUT2D eigenvalue weighted by Crippen LogP contribution is -2.25. The average Bonchev–Trinajstić information content (AvgIpc) is 2.70. The van der Waals surface area contributed by atoms with Crippen molar-refractivity contribution in [1.29, 1.82) is 0 Å². The first kappa shape index (κ1) is 13.9. The van der Waals surface area contributed by atoms with Crippen LogP contribution in [0, 0.1) is 11.8 Å². The third kappa shape index (κ3) is 3.28. The van der Waals surface area contributed by atoms with Crippen LogP contribution in [-0.2, 0) is 0 Å². The molecule has 0 saturated heterocycles. The molecule has 19 heavy (non-hydrogen) atoms. The summed E-state index contributed by atoms with van der Waals surface area (Å²) < 4.78 is 0. The maximum absolute atomic E-state index is 5.75. The van der Waals surface area contributed by atoms with Crippen LogP contribution in [0.25, 0.3) is 0 Å². The summed E-state index contributed by atoms with van der Waals surface area (Å²) in [6, 6.07) is 2.43. The lowest BCUT2D eigenvalue weighted by molar-refractivity contribution is 0.391. The number of rotatable bonds is 5. The smallest absolute Gasteiger partial charge is 0.223 e. The Bertz CT molecular complexity index is 420. The molecule has 1 fully saturated rings. The van der Waals surface area contributed by atoms with Gasteiger partial charge in [-0.25, -0.2) is 0 Å². The van der Waals surface area contributed by atoms with E-state index in [1.165, 1.54) is 19.3 Å². The molecular weight excluding hydrogens is 238 g/mol. The maximum Gasteiger partial charge on any atom is 0.223 e. The van der Waals surface area contributed by atoms with E-state index in [2.05, 4.69) is 34.4 Å². The molecule has 2 rings (SSSR count). The molecule has 0 aromatic carbocycles. The molecule has 1 saturated carbocycles. The van der Waals surface area contributed by atoms with Crippen molar-refractivity contribution in [1.82, 2.24) is 9.97 Å². The summed E-state index contributed by atoms with van der Waals surface area (Å²) in [6.07, 6.45) is 3.77. The third-order valence-corrected chi connectivity index (χ3v) is 4.19. The predicted molar refractivity (Wildman–Crippen MR) is 80.2 cm³/mol. The van der Waals surface area contributed by atoms with E-state index < -0.39 is 0 Å². The zero-order chi connectivity index (χ0) is 13.8. The summed E-state index contributed by atoms with van der Waals surface area (Å²) in [5, 5.41) is 6.70. The summed E-state index contributed by atoms with van der Waals surface area (Å²) in [4.78, 5) is 8.44. The molecule has 5 heteroatoms. The molecule has 106 valence electrons. The van der Waals surface area contributed by atoms with E-state index in [0.717, 1.165) is 24.1 Å². The van der Waals surface area contributed by atoms with Gasteiger partial charge >= 0.3 is 0 Å². The molecule has 3 atom stereocenters. The van der Waals surface area contributed by atoms with E-state index in [9.17, 15) is 0 Å². The monoisotopic (exact) mass is 263 g/mol. The van der Waals surface area contributed by atoms with Gasteiger partial charge in [0.25, 0.3) is 0 Å². The minimum atomic E-state index is 0.318. The lowest BCUT2D eigenvalue weighted by Gasteiger charge is -2.21. The number of hydrogen-bond donors (Lipinski definition) is 3. The Morgan fingerprint density at radius 3 is 2.63 bits per heavy atom. The van der Waals surface area contributed by atoms with Gasteiger partial charge in [-0.15, -0.1) is 0 Å². The van der Waals surface area contributed by atoms with E-state index in [1.807, 2.05) is 13.0 Å². The molecule has 0 amide bonds. The van der Waals surface area contributed by atoms with E-state index in [1.54, 1.807) is 0 Å². The fourth-order valence-electron chi connectivity index (χ4n) is 3.03. The van der Waals surface area contributed by atoms with Crippen LogP contribution in [-0.4, -0.2) is 22.6 Å². The number of aromatic nitrogens is 2. The quantitative estimate of drug-likeness (QED) is 0.761. The number of nitrogens with two attached hydrogens (primary N) is 1. The summed E-state index contributed by atoms with van der Waals surface area (Å²) >= 11 is 0. The van der Waals surface area contributed by atoms with Crippen molar-refractivity contribution < 1.29 is 0 Å². The predicted octanol–water partition coefficient (Wildman–Crippen LogP) is 2.73. The zero-order valence-electron chi connectivity index (χ0n) is 12.1. The van der Waals surface area contributed by atoms with Crippen molar-refractivity contribution >= 4 is 17.6 Å². The van der Waals surface area contributed by atoms with Crippen LogP contribution in [0.1, 0.15) is 40.0 Å². The molecule has 0 aliphatic heterocycles. The Labute approximate surface area is 115 Å². The standard InChI is InChI=1S/C14H25N5/c1-4-10-6-7-11(9(10)3)17-13-8-12(16-5-2)18-14(15)19-13/h8-11H,4-7H2,1-3H3,(H4,15,16,17,18,19). The first-order valence-electron chi connectivity index (χ1n) is 7.29. The second kappa shape index (κ2) is 6.08. The molecule has 1 aromatic rings. The molecule has 1 aliphatic rings. The fourth-order valence-corrected chi connectivity index (χ4v) is 3.03. The fraction of sp³-hybridized carbons (Fsp3) is 0.714. The topological polar surface area (TPSA) is 75.9 Å². The van der Waals surface area contributed by atoms with E-state index in [0.29, 0.717) is 17.9 Å². The molecule has 1 heterocycles. The average molecular weight is 263 g/mol. The third-order valence-electron chi connectivity index (χ3n) is 4.19. The highest BCUT2D eigenvalue weighted by atomic mass is 15.1. The highest BCUT2D eigenvalue weighted by Gasteiger charge is 2.31. The Morgan fingerprint density at radius 2 is 2.00 bits per heavy atom. The van der Waals surface area contributed by atoms with Crippen molar-refractivity contribution in [3.05, 3.63) is 6.07 Å². The molecule has 5 nitrogen and oxygen atoms in total. The molecule has 4 N–H and O–H groups in total. The van der Waals surface area contributed by atoms with Crippen LogP contribution in [0.4, 0.5) is 17.6 Å². The molecule has 0 spiro atoms. The molecule has 3 unspecified atom stereocenters. The second-order valence-corrected chi connectivity index (χ2v) is 5.38. The zero-order valence-corrected chi connectivity index (χ0v) is 12.1. The Kier molecular flexibility index (Phi) is 4.45. The van der Waals surface area contributed by atoms with Gasteiger partial charge in [0.2, 0.25) is 5.95 Å². The highest BCUT2D eigenvalue weighted by molar-refractivity contribution is 5.51. The van der Waals surface area contributed by atoms with Gasteiger partial charge in [0.05, 0.1) is 0 Å². The number of anilines is 3. The van der Waals surface area contributed by atoms with Crippen molar-refractivity contribution in [2.45, 2.75) is 46.1 Å². The van der Waals surface area contributed by atoms with Crippen molar-refractivity contribution in [3.63, 3.8) is 0 Å². The minimum absolute atomic E-state index is 0.318. The minimum Gasteiger partial charge on any atom is -0.370 e. The number of nitrogens with one attached hydrogen (secondary N) is 2. The van der Waals surface area contributed by atoms with Gasteiger partial charge < -0.3 is 16.4 Å². The van der Waals surface area contributed by atoms with Gasteiger partial charge in [-0.3, -0.25) is 0 Å². The summed E-state index contributed by atoms with van der Waals surface area (Å²) in [6.45, 7) is 7.47. The maximum atomic E-state index is 5.75. The number of hydrogen-bond acceptors (Lipinski definition) is 5. The van der Waals surface area contributed by atoms with Crippen molar-refractivity contribution in [3.8, 4) is 0 Å². The van der Waals surface area contributed by atoms with Crippen LogP contribution >= 0.6 is 0 Å². The van der Waals surface area contributed by atoms with Gasteiger partial charge in [-0.2, -0.15) is 9.97 Å². The Hall–Kier alpha value is -1.52. The second-order valence-electron chi connectivity index (χ2n) is 5.38. The number of nitrogens with zero attached hydrogens (tertiary/aromatic N) is 2. The van der Waals surface area contributed by atoms with Gasteiger partial charge in [-0.05, 0) is 31.6 Å². The summed E-state index contributed by atoms with van der Waals surface area (Å²) in [7, 11) is 0. The SMILES string of the molecule is CCNc1cc(NC2CCC(CC)C2C)nc(N)n1. The summed E-state index contributed by atoms with van der Waals surface area (Å²) in [5.41, 5.74) is 5.75. The normalized spacial score (nSPS) is 26.4. The van der Waals surface area contributed by atoms with Crippen molar-refractivity contribution in [2.75, 3.05) is 22.9 Å². The first-order chi connectivity index (χ1) is 9.13. The van der Waals surface area contributed by atoms with E-state index >= 15 is 0 Å². The molecule has 1 aromatic heterocycles. The molecule has 0 radical (unpaired) electrons. The summed E-state index contributed by atoms with van der Waals surface area (Å²) in [5.74, 6) is 3.44.